The van der Waals surface area contributed by atoms with E-state index in [2.05, 4.69) is 15.4 Å². The first-order valence-corrected chi connectivity index (χ1v) is 6.96. The number of hydrogen-bond acceptors (Lipinski definition) is 5. The van der Waals surface area contributed by atoms with E-state index in [-0.39, 0.29) is 10.6 Å². The van der Waals surface area contributed by atoms with Gasteiger partial charge in [0.1, 0.15) is 17.2 Å². The Morgan fingerprint density at radius 1 is 1.33 bits per heavy atom. The number of rotatable bonds is 6. The van der Waals surface area contributed by atoms with E-state index < -0.39 is 0 Å². The third-order valence-electron chi connectivity index (χ3n) is 3.37. The quantitative estimate of drug-likeness (QED) is 0.652. The predicted octanol–water partition coefficient (Wildman–Crippen LogP) is 2.40. The SMILES string of the molecule is CCc1nn(Cc2ccc(NC)nc2)c(CC)c1[N+](=O)[O-]. The maximum absolute atomic E-state index is 11.2. The van der Waals surface area contributed by atoms with Gasteiger partial charge in [-0.1, -0.05) is 19.9 Å². The lowest BCUT2D eigenvalue weighted by atomic mass is 10.2. The van der Waals surface area contributed by atoms with Crippen LogP contribution in [0.25, 0.3) is 0 Å². The molecule has 0 atom stereocenters. The van der Waals surface area contributed by atoms with Gasteiger partial charge in [-0.15, -0.1) is 0 Å². The van der Waals surface area contributed by atoms with Crippen LogP contribution in [0.5, 0.6) is 0 Å². The molecular weight excluding hydrogens is 270 g/mol. The molecule has 2 rings (SSSR count). The molecule has 1 N–H and O–H groups in total. The van der Waals surface area contributed by atoms with Gasteiger partial charge in [0, 0.05) is 13.2 Å². The second-order valence-electron chi connectivity index (χ2n) is 4.67. The zero-order chi connectivity index (χ0) is 15.4. The number of aromatic nitrogens is 3. The van der Waals surface area contributed by atoms with Crippen molar-refractivity contribution in [2.45, 2.75) is 33.2 Å². The number of hydrogen-bond donors (Lipinski definition) is 1. The van der Waals surface area contributed by atoms with Gasteiger partial charge in [0.2, 0.25) is 0 Å². The minimum Gasteiger partial charge on any atom is -0.373 e. The van der Waals surface area contributed by atoms with Gasteiger partial charge in [-0.05, 0) is 24.5 Å². The Kier molecular flexibility index (Phi) is 4.52. The van der Waals surface area contributed by atoms with Crippen molar-refractivity contribution in [3.05, 3.63) is 45.4 Å². The molecule has 2 aromatic rings. The average Bonchev–Trinajstić information content (AvgIpc) is 2.85. The molecule has 0 spiro atoms. The summed E-state index contributed by atoms with van der Waals surface area (Å²) < 4.78 is 1.72. The van der Waals surface area contributed by atoms with Crippen LogP contribution in [0.1, 0.15) is 30.8 Å². The summed E-state index contributed by atoms with van der Waals surface area (Å²) in [6.07, 6.45) is 2.88. The molecule has 2 aromatic heterocycles. The largest absolute Gasteiger partial charge is 0.373 e. The summed E-state index contributed by atoms with van der Waals surface area (Å²) in [5.41, 5.74) is 2.31. The van der Waals surface area contributed by atoms with Crippen molar-refractivity contribution < 1.29 is 4.92 Å². The lowest BCUT2D eigenvalue weighted by molar-refractivity contribution is -0.386. The first kappa shape index (κ1) is 15.0. The number of nitrogens with one attached hydrogen (secondary N) is 1. The number of anilines is 1. The Bertz CT molecular complexity index is 634. The Morgan fingerprint density at radius 3 is 2.57 bits per heavy atom. The normalized spacial score (nSPS) is 10.6. The zero-order valence-corrected chi connectivity index (χ0v) is 12.5. The fourth-order valence-electron chi connectivity index (χ4n) is 2.31. The molecule has 0 fully saturated rings. The van der Waals surface area contributed by atoms with Gasteiger partial charge in [-0.25, -0.2) is 4.98 Å². The summed E-state index contributed by atoms with van der Waals surface area (Å²) in [6.45, 7) is 4.27. The predicted molar refractivity (Wildman–Crippen MR) is 80.5 cm³/mol. The van der Waals surface area contributed by atoms with E-state index in [4.69, 9.17) is 0 Å². The van der Waals surface area contributed by atoms with E-state index in [1.165, 1.54) is 0 Å². The lowest BCUT2D eigenvalue weighted by Crippen LogP contribution is -2.07. The fraction of sp³-hybridized carbons (Fsp3) is 0.429. The molecule has 0 bridgehead atoms. The first-order valence-electron chi connectivity index (χ1n) is 6.96. The highest BCUT2D eigenvalue weighted by atomic mass is 16.6. The van der Waals surface area contributed by atoms with Gasteiger partial charge < -0.3 is 5.32 Å². The fourth-order valence-corrected chi connectivity index (χ4v) is 2.31. The van der Waals surface area contributed by atoms with Crippen molar-refractivity contribution in [2.24, 2.45) is 0 Å². The number of pyridine rings is 1. The van der Waals surface area contributed by atoms with E-state index in [0.717, 1.165) is 11.4 Å². The number of nitrogens with zero attached hydrogens (tertiary/aromatic N) is 4. The molecule has 0 aliphatic rings. The monoisotopic (exact) mass is 289 g/mol. The number of aryl methyl sites for hydroxylation is 1. The molecule has 7 heteroatoms. The standard InChI is InChI=1S/C14H19N5O2/c1-4-11-14(19(20)21)12(5-2)18(17-11)9-10-6-7-13(15-3)16-8-10/h6-8H,4-5,9H2,1-3H3,(H,15,16). The molecule has 2 heterocycles. The summed E-state index contributed by atoms with van der Waals surface area (Å²) in [5, 5.41) is 18.6. The van der Waals surface area contributed by atoms with E-state index >= 15 is 0 Å². The molecule has 0 saturated heterocycles. The van der Waals surface area contributed by atoms with Gasteiger partial charge in [-0.2, -0.15) is 5.10 Å². The van der Waals surface area contributed by atoms with Crippen LogP contribution < -0.4 is 5.32 Å². The van der Waals surface area contributed by atoms with Crippen LogP contribution in [-0.4, -0.2) is 26.7 Å². The first-order chi connectivity index (χ1) is 10.1. The molecular formula is C14H19N5O2. The third-order valence-corrected chi connectivity index (χ3v) is 3.37. The maximum Gasteiger partial charge on any atom is 0.313 e. The summed E-state index contributed by atoms with van der Waals surface area (Å²) >= 11 is 0. The Morgan fingerprint density at radius 2 is 2.10 bits per heavy atom. The van der Waals surface area contributed by atoms with Crippen LogP contribution in [-0.2, 0) is 19.4 Å². The molecule has 7 nitrogen and oxygen atoms in total. The van der Waals surface area contributed by atoms with Gasteiger partial charge >= 0.3 is 5.69 Å². The highest BCUT2D eigenvalue weighted by Gasteiger charge is 2.25. The van der Waals surface area contributed by atoms with E-state index in [9.17, 15) is 10.1 Å². The van der Waals surface area contributed by atoms with Gasteiger partial charge in [-0.3, -0.25) is 14.8 Å². The molecule has 21 heavy (non-hydrogen) atoms. The molecule has 0 aromatic carbocycles. The molecule has 112 valence electrons. The third kappa shape index (κ3) is 3.01. The summed E-state index contributed by atoms with van der Waals surface area (Å²) in [4.78, 5) is 15.2. The Balaban J connectivity index is 2.36. The van der Waals surface area contributed by atoms with Crippen LogP contribution in [0.4, 0.5) is 11.5 Å². The minimum absolute atomic E-state index is 0.153. The molecule has 0 aliphatic heterocycles. The van der Waals surface area contributed by atoms with Crippen LogP contribution in [0.15, 0.2) is 18.3 Å². The van der Waals surface area contributed by atoms with Crippen molar-refractivity contribution in [3.8, 4) is 0 Å². The van der Waals surface area contributed by atoms with Crippen molar-refractivity contribution >= 4 is 11.5 Å². The maximum atomic E-state index is 11.2. The molecule has 0 saturated carbocycles. The van der Waals surface area contributed by atoms with Gasteiger partial charge in [0.25, 0.3) is 0 Å². The summed E-state index contributed by atoms with van der Waals surface area (Å²) in [7, 11) is 1.81. The van der Waals surface area contributed by atoms with Gasteiger partial charge in [0.05, 0.1) is 11.5 Å². The van der Waals surface area contributed by atoms with E-state index in [0.29, 0.717) is 30.8 Å². The van der Waals surface area contributed by atoms with E-state index in [1.54, 1.807) is 10.9 Å². The lowest BCUT2D eigenvalue weighted by Gasteiger charge is -2.06. The highest BCUT2D eigenvalue weighted by molar-refractivity contribution is 5.42. The van der Waals surface area contributed by atoms with Crippen molar-refractivity contribution in [1.29, 1.82) is 0 Å². The minimum atomic E-state index is -0.330. The number of nitro groups is 1. The molecule has 0 aliphatic carbocycles. The van der Waals surface area contributed by atoms with Crippen LogP contribution >= 0.6 is 0 Å². The van der Waals surface area contributed by atoms with Gasteiger partial charge in [0.15, 0.2) is 0 Å². The summed E-state index contributed by atoms with van der Waals surface area (Å²) in [6, 6.07) is 3.82. The highest BCUT2D eigenvalue weighted by Crippen LogP contribution is 2.25. The second kappa shape index (κ2) is 6.34. The topological polar surface area (TPSA) is 85.9 Å². The average molecular weight is 289 g/mol. The van der Waals surface area contributed by atoms with Crippen LogP contribution in [0, 0.1) is 10.1 Å². The van der Waals surface area contributed by atoms with Crippen LogP contribution in [0.3, 0.4) is 0 Å². The van der Waals surface area contributed by atoms with Crippen molar-refractivity contribution in [3.63, 3.8) is 0 Å². The molecule has 0 unspecified atom stereocenters. The zero-order valence-electron chi connectivity index (χ0n) is 12.5. The smallest absolute Gasteiger partial charge is 0.313 e. The molecule has 0 amide bonds. The Labute approximate surface area is 123 Å². The summed E-state index contributed by atoms with van der Waals surface area (Å²) in [5.74, 6) is 0.787. The Hall–Kier alpha value is -2.44. The van der Waals surface area contributed by atoms with E-state index in [1.807, 2.05) is 33.0 Å². The van der Waals surface area contributed by atoms with Crippen molar-refractivity contribution in [1.82, 2.24) is 14.8 Å². The van der Waals surface area contributed by atoms with Crippen molar-refractivity contribution in [2.75, 3.05) is 12.4 Å². The molecule has 0 radical (unpaired) electrons. The second-order valence-corrected chi connectivity index (χ2v) is 4.67. The van der Waals surface area contributed by atoms with Crippen LogP contribution in [0.2, 0.25) is 0 Å².